The van der Waals surface area contributed by atoms with Crippen LogP contribution in [0.15, 0.2) is 36.4 Å². The molecule has 1 aliphatic rings. The van der Waals surface area contributed by atoms with Gasteiger partial charge in [-0.2, -0.15) is 13.2 Å². The topological polar surface area (TPSA) is 91.0 Å². The van der Waals surface area contributed by atoms with Crippen LogP contribution in [0.5, 0.6) is 0 Å². The van der Waals surface area contributed by atoms with E-state index in [4.69, 9.17) is 16.3 Å². The number of thiophene rings is 1. The van der Waals surface area contributed by atoms with Gasteiger partial charge in [-0.05, 0) is 41.8 Å². The Bertz CT molecular complexity index is 1120. The Morgan fingerprint density at radius 3 is 2.37 bits per heavy atom. The minimum atomic E-state index is -4.57. The zero-order valence-corrected chi connectivity index (χ0v) is 22.8. The maximum absolute atomic E-state index is 13.5. The fourth-order valence-corrected chi connectivity index (χ4v) is 4.92. The highest BCUT2D eigenvalue weighted by Crippen LogP contribution is 2.25. The van der Waals surface area contributed by atoms with E-state index in [9.17, 15) is 27.6 Å². The van der Waals surface area contributed by atoms with Crippen LogP contribution in [0, 0.1) is 5.41 Å². The zero-order valence-electron chi connectivity index (χ0n) is 21.2. The molecule has 208 valence electrons. The highest BCUT2D eigenvalue weighted by atomic mass is 35.5. The molecule has 2 heterocycles. The monoisotopic (exact) mass is 574 g/mol. The molecule has 1 aromatic carbocycles. The average molecular weight is 575 g/mol. The highest BCUT2D eigenvalue weighted by Gasteiger charge is 2.38. The number of amides is 3. The van der Waals surface area contributed by atoms with Crippen LogP contribution in [0.25, 0.3) is 0 Å². The predicted molar refractivity (Wildman–Crippen MR) is 141 cm³/mol. The number of anilines is 2. The second-order valence-electron chi connectivity index (χ2n) is 10.0. The molecule has 0 saturated carbocycles. The molecular weight excluding hydrogens is 545 g/mol. The van der Waals surface area contributed by atoms with Crippen LogP contribution in [0.1, 0.15) is 30.4 Å². The fraction of sp³-hybridized carbons (Fsp3) is 0.480. The summed E-state index contributed by atoms with van der Waals surface area (Å²) < 4.78 is 46.1. The Morgan fingerprint density at radius 1 is 1.13 bits per heavy atom. The third kappa shape index (κ3) is 8.97. The third-order valence-corrected chi connectivity index (χ3v) is 6.72. The second-order valence-corrected chi connectivity index (χ2v) is 11.8. The number of nitrogens with zero attached hydrogens (tertiary/aromatic N) is 2. The van der Waals surface area contributed by atoms with E-state index in [0.717, 1.165) is 16.2 Å². The molecule has 0 radical (unpaired) electrons. The van der Waals surface area contributed by atoms with Gasteiger partial charge in [0, 0.05) is 31.0 Å². The molecule has 2 aromatic rings. The Balaban J connectivity index is 1.80. The first-order valence-electron chi connectivity index (χ1n) is 11.9. The average Bonchev–Trinajstić information content (AvgIpc) is 3.24. The maximum atomic E-state index is 13.5. The number of morpholine rings is 1. The van der Waals surface area contributed by atoms with Gasteiger partial charge in [-0.3, -0.25) is 19.3 Å². The molecule has 3 amide bonds. The summed E-state index contributed by atoms with van der Waals surface area (Å²) >= 11 is 6.91. The van der Waals surface area contributed by atoms with E-state index in [1.54, 1.807) is 49.9 Å². The van der Waals surface area contributed by atoms with Crippen LogP contribution in [0.2, 0.25) is 4.34 Å². The molecule has 1 aliphatic heterocycles. The van der Waals surface area contributed by atoms with Crippen LogP contribution in [-0.4, -0.2) is 74.2 Å². The largest absolute Gasteiger partial charge is 0.401 e. The van der Waals surface area contributed by atoms with Gasteiger partial charge in [0.2, 0.25) is 5.91 Å². The van der Waals surface area contributed by atoms with Crippen molar-refractivity contribution in [2.24, 2.45) is 5.41 Å². The van der Waals surface area contributed by atoms with Gasteiger partial charge in [0.15, 0.2) is 0 Å². The van der Waals surface area contributed by atoms with Crippen molar-refractivity contribution in [1.82, 2.24) is 10.2 Å². The summed E-state index contributed by atoms with van der Waals surface area (Å²) in [7, 11) is 0. The van der Waals surface area contributed by atoms with E-state index >= 15 is 0 Å². The SMILES string of the molecule is CC(C)(C)CN(CC(F)(F)F)[C@H](CNC(=O)c1ccc(Cl)s1)C(=O)Nc1ccc(N2CCOCC2=O)cc1. The number of nitrogens with one attached hydrogen (secondary N) is 2. The molecule has 1 aromatic heterocycles. The minimum Gasteiger partial charge on any atom is -0.370 e. The molecule has 13 heteroatoms. The van der Waals surface area contributed by atoms with Crippen LogP contribution in [0.4, 0.5) is 24.5 Å². The van der Waals surface area contributed by atoms with Crippen LogP contribution in [-0.2, 0) is 14.3 Å². The van der Waals surface area contributed by atoms with Crippen molar-refractivity contribution in [3.05, 3.63) is 45.6 Å². The fourth-order valence-electron chi connectivity index (χ4n) is 3.96. The number of rotatable bonds is 9. The lowest BCUT2D eigenvalue weighted by atomic mass is 9.95. The summed E-state index contributed by atoms with van der Waals surface area (Å²) in [5.41, 5.74) is 0.381. The number of alkyl halides is 3. The molecule has 3 rings (SSSR count). The van der Waals surface area contributed by atoms with Crippen molar-refractivity contribution in [3.63, 3.8) is 0 Å². The van der Waals surface area contributed by atoms with Gasteiger partial charge in [-0.15, -0.1) is 11.3 Å². The van der Waals surface area contributed by atoms with Gasteiger partial charge in [0.05, 0.1) is 22.4 Å². The van der Waals surface area contributed by atoms with E-state index in [1.165, 1.54) is 12.1 Å². The third-order valence-electron chi connectivity index (χ3n) is 5.49. The summed E-state index contributed by atoms with van der Waals surface area (Å²) in [6.07, 6.45) is -4.57. The molecule has 8 nitrogen and oxygen atoms in total. The predicted octanol–water partition coefficient (Wildman–Crippen LogP) is 4.41. The summed E-state index contributed by atoms with van der Waals surface area (Å²) in [6, 6.07) is 8.12. The maximum Gasteiger partial charge on any atom is 0.401 e. The summed E-state index contributed by atoms with van der Waals surface area (Å²) in [5, 5.41) is 5.23. The van der Waals surface area contributed by atoms with Crippen molar-refractivity contribution < 1.29 is 32.3 Å². The number of halogens is 4. The smallest absolute Gasteiger partial charge is 0.370 e. The number of hydrogen-bond acceptors (Lipinski definition) is 6. The quantitative estimate of drug-likeness (QED) is 0.463. The first-order chi connectivity index (χ1) is 17.7. The van der Waals surface area contributed by atoms with E-state index in [2.05, 4.69) is 10.6 Å². The van der Waals surface area contributed by atoms with Crippen molar-refractivity contribution in [1.29, 1.82) is 0 Å². The lowest BCUT2D eigenvalue weighted by Gasteiger charge is -2.36. The van der Waals surface area contributed by atoms with Gasteiger partial charge in [0.25, 0.3) is 11.8 Å². The van der Waals surface area contributed by atoms with Gasteiger partial charge >= 0.3 is 6.18 Å². The van der Waals surface area contributed by atoms with Crippen LogP contribution >= 0.6 is 22.9 Å². The molecule has 1 saturated heterocycles. The lowest BCUT2D eigenvalue weighted by Crippen LogP contribution is -2.55. The minimum absolute atomic E-state index is 0.0214. The summed E-state index contributed by atoms with van der Waals surface area (Å²) in [4.78, 5) is 40.9. The van der Waals surface area contributed by atoms with Crippen molar-refractivity contribution in [2.75, 3.05) is 49.6 Å². The Labute approximate surface area is 228 Å². The van der Waals surface area contributed by atoms with Crippen molar-refractivity contribution in [2.45, 2.75) is 33.0 Å². The number of benzene rings is 1. The highest BCUT2D eigenvalue weighted by molar-refractivity contribution is 7.18. The first kappa shape index (κ1) is 29.9. The number of carbonyl (C=O) groups excluding carboxylic acids is 3. The second kappa shape index (κ2) is 12.5. The molecular formula is C25H30ClF3N4O4S. The molecule has 38 heavy (non-hydrogen) atoms. The van der Waals surface area contributed by atoms with Crippen LogP contribution < -0.4 is 15.5 Å². The van der Waals surface area contributed by atoms with E-state index in [1.807, 2.05) is 0 Å². The molecule has 0 bridgehead atoms. The molecule has 0 unspecified atom stereocenters. The first-order valence-corrected chi connectivity index (χ1v) is 13.0. The van der Waals surface area contributed by atoms with Gasteiger partial charge in [0.1, 0.15) is 12.6 Å². The summed E-state index contributed by atoms with van der Waals surface area (Å²) in [6.45, 7) is 4.33. The molecule has 0 aliphatic carbocycles. The Hall–Kier alpha value is -2.67. The Morgan fingerprint density at radius 2 is 1.82 bits per heavy atom. The van der Waals surface area contributed by atoms with Gasteiger partial charge in [-0.25, -0.2) is 0 Å². The molecule has 0 spiro atoms. The molecule has 1 fully saturated rings. The number of carbonyl (C=O) groups is 3. The number of hydrogen-bond donors (Lipinski definition) is 2. The zero-order chi connectivity index (χ0) is 28.1. The van der Waals surface area contributed by atoms with E-state index < -0.39 is 36.0 Å². The van der Waals surface area contributed by atoms with Gasteiger partial charge in [-0.1, -0.05) is 32.4 Å². The molecule has 2 N–H and O–H groups in total. The number of ether oxygens (including phenoxy) is 1. The standard InChI is InChI=1S/C25H30ClF3N4O4S/c1-24(2,3)14-32(15-25(27,28)29)18(12-30-23(36)19-8-9-20(26)38-19)22(35)31-16-4-6-17(7-5-16)33-10-11-37-13-21(33)34/h4-9,18H,10-15H2,1-3H3,(H,30,36)(H,31,35)/t18-/m1/s1. The molecule has 1 atom stereocenters. The van der Waals surface area contributed by atoms with E-state index in [-0.39, 0.29) is 30.5 Å². The summed E-state index contributed by atoms with van der Waals surface area (Å²) in [5.74, 6) is -1.44. The lowest BCUT2D eigenvalue weighted by molar-refractivity contribution is -0.156. The van der Waals surface area contributed by atoms with E-state index in [0.29, 0.717) is 28.9 Å². The van der Waals surface area contributed by atoms with Crippen molar-refractivity contribution >= 4 is 52.0 Å². The Kier molecular flexibility index (Phi) is 9.80. The van der Waals surface area contributed by atoms with Gasteiger partial charge < -0.3 is 20.3 Å². The van der Waals surface area contributed by atoms with Crippen LogP contribution in [0.3, 0.4) is 0 Å². The normalized spacial score (nSPS) is 15.5. The van der Waals surface area contributed by atoms with Crippen molar-refractivity contribution in [3.8, 4) is 0 Å².